The van der Waals surface area contributed by atoms with Gasteiger partial charge < -0.3 is 40.7 Å². The maximum atomic E-state index is 13.9. The third kappa shape index (κ3) is 7.59. The van der Waals surface area contributed by atoms with Crippen molar-refractivity contribution >= 4 is 28.8 Å². The van der Waals surface area contributed by atoms with Crippen LogP contribution in [0.5, 0.6) is 0 Å². The van der Waals surface area contributed by atoms with Crippen LogP contribution < -0.4 is 5.32 Å². The van der Waals surface area contributed by atoms with Gasteiger partial charge in [0.2, 0.25) is 0 Å². The van der Waals surface area contributed by atoms with E-state index in [1.165, 1.54) is 29.8 Å². The molecule has 2 heterocycles. The molecule has 1 fully saturated rings. The van der Waals surface area contributed by atoms with Crippen molar-refractivity contribution in [3.05, 3.63) is 70.7 Å². The van der Waals surface area contributed by atoms with Crippen LogP contribution in [-0.4, -0.2) is 86.1 Å². The Morgan fingerprint density at radius 1 is 0.979 bits per heavy atom. The van der Waals surface area contributed by atoms with Crippen LogP contribution >= 0.6 is 0 Å². The molecule has 2 aliphatic rings. The minimum absolute atomic E-state index is 0.227. The molecule has 3 unspecified atom stereocenters. The van der Waals surface area contributed by atoms with Gasteiger partial charge in [0.25, 0.3) is 0 Å². The van der Waals surface area contributed by atoms with Crippen LogP contribution in [0, 0.1) is 11.7 Å². The number of hydrogen-bond donors (Lipinski definition) is 7. The van der Waals surface area contributed by atoms with Crippen LogP contribution in [0.1, 0.15) is 54.5 Å². The molecule has 3 atom stereocenters. The summed E-state index contributed by atoms with van der Waals surface area (Å²) in [4.78, 5) is 35.9. The molecule has 1 aromatic heterocycles. The summed E-state index contributed by atoms with van der Waals surface area (Å²) in [6.07, 6.45) is -4.28. The second-order valence-corrected chi connectivity index (χ2v) is 12.6. The highest BCUT2D eigenvalue weighted by molar-refractivity contribution is 5.88. The molecule has 0 amide bonds. The number of carbonyl (C=O) groups is 3. The van der Waals surface area contributed by atoms with Crippen LogP contribution in [0.15, 0.2) is 42.5 Å². The summed E-state index contributed by atoms with van der Waals surface area (Å²) in [5.74, 6) is -5.54. The Bertz CT molecular complexity index is 1630. The van der Waals surface area contributed by atoms with Gasteiger partial charge in [0.1, 0.15) is 5.82 Å². The average molecular weight is 668 g/mol. The van der Waals surface area contributed by atoms with Gasteiger partial charge in [-0.3, -0.25) is 9.59 Å². The lowest BCUT2D eigenvalue weighted by molar-refractivity contribution is -0.170. The molecule has 5 rings (SSSR count). The van der Waals surface area contributed by atoms with Crippen LogP contribution in [-0.2, 0) is 38.1 Å². The molecule has 1 aliphatic carbocycles. The Labute approximate surface area is 266 Å². The quantitative estimate of drug-likeness (QED) is 0.175. The van der Waals surface area contributed by atoms with Gasteiger partial charge in [-0.2, -0.15) is 13.2 Å². The third-order valence-electron chi connectivity index (χ3n) is 8.97. The number of rotatable bonds is 8. The standard InChI is InChI=1S/C26H29F4N3O.C6H8O7/c1-33(2)15-18-14-24(10-11-25(18,34)16-3-5-17(6-4-16)26(28,29)30)23-21(9-12-31-24)20-8-7-19(27)13-22(20)32-23;7-3(8)1-6(13,5(11)12)2-4(9)10/h3-8,13,18,31-32,34H,9-12,14-15H2,1-2H3;13H,1-2H2,(H,7,8)(H,9,10)(H,11,12). The van der Waals surface area contributed by atoms with Crippen molar-refractivity contribution < 1.29 is 57.5 Å². The number of benzene rings is 2. The van der Waals surface area contributed by atoms with Crippen molar-refractivity contribution in [3.8, 4) is 0 Å². The number of fused-ring (bicyclic) bond motifs is 4. The van der Waals surface area contributed by atoms with Crippen molar-refractivity contribution in [1.82, 2.24) is 15.2 Å². The fourth-order valence-corrected chi connectivity index (χ4v) is 6.80. The number of aromatic amines is 1. The Kier molecular flexibility index (Phi) is 10.1. The van der Waals surface area contributed by atoms with Gasteiger partial charge in [-0.15, -0.1) is 0 Å². The van der Waals surface area contributed by atoms with E-state index in [4.69, 9.17) is 20.4 Å². The number of carboxylic acids is 3. The maximum Gasteiger partial charge on any atom is 0.416 e. The molecule has 1 saturated carbocycles. The van der Waals surface area contributed by atoms with E-state index in [-0.39, 0.29) is 11.7 Å². The normalized spacial score (nSPS) is 22.9. The van der Waals surface area contributed by atoms with Crippen molar-refractivity contribution in [3.63, 3.8) is 0 Å². The number of carboxylic acid groups (broad SMARTS) is 3. The number of H-pyrrole nitrogens is 1. The van der Waals surface area contributed by atoms with Crippen LogP contribution in [0.25, 0.3) is 10.9 Å². The number of halogens is 4. The van der Waals surface area contributed by atoms with E-state index in [9.17, 15) is 37.1 Å². The van der Waals surface area contributed by atoms with Crippen LogP contribution in [0.3, 0.4) is 0 Å². The summed E-state index contributed by atoms with van der Waals surface area (Å²) in [5.41, 5.74) is -1.63. The predicted octanol–water partition coefficient (Wildman–Crippen LogP) is 3.67. The third-order valence-corrected chi connectivity index (χ3v) is 8.97. The van der Waals surface area contributed by atoms with Gasteiger partial charge in [0.05, 0.1) is 29.5 Å². The number of aromatic nitrogens is 1. The minimum atomic E-state index is -4.42. The Morgan fingerprint density at radius 3 is 2.13 bits per heavy atom. The van der Waals surface area contributed by atoms with Crippen molar-refractivity contribution in [1.29, 1.82) is 0 Å². The molecule has 256 valence electrons. The van der Waals surface area contributed by atoms with E-state index < -0.39 is 59.2 Å². The first-order valence-electron chi connectivity index (χ1n) is 14.8. The highest BCUT2D eigenvalue weighted by Crippen LogP contribution is 2.51. The molecule has 3 aromatic rings. The summed E-state index contributed by atoms with van der Waals surface area (Å²) in [6.45, 7) is 1.34. The predicted molar refractivity (Wildman–Crippen MR) is 160 cm³/mol. The Hall–Kier alpha value is -4.05. The van der Waals surface area contributed by atoms with E-state index in [0.29, 0.717) is 31.4 Å². The topological polar surface area (TPSA) is 183 Å². The summed E-state index contributed by atoms with van der Waals surface area (Å²) >= 11 is 0. The molecular formula is C32H37F4N3O8. The molecule has 7 N–H and O–H groups in total. The first-order chi connectivity index (χ1) is 21.8. The molecule has 11 nitrogen and oxygen atoms in total. The van der Waals surface area contributed by atoms with Crippen LogP contribution in [0.4, 0.5) is 17.6 Å². The molecule has 1 aliphatic heterocycles. The zero-order valence-electron chi connectivity index (χ0n) is 25.7. The fourth-order valence-electron chi connectivity index (χ4n) is 6.80. The summed E-state index contributed by atoms with van der Waals surface area (Å²) in [6, 6.07) is 9.73. The Morgan fingerprint density at radius 2 is 1.60 bits per heavy atom. The van der Waals surface area contributed by atoms with Crippen molar-refractivity contribution in [2.75, 3.05) is 27.2 Å². The first-order valence-corrected chi connectivity index (χ1v) is 14.8. The minimum Gasteiger partial charge on any atom is -0.481 e. The lowest BCUT2D eigenvalue weighted by Gasteiger charge is -2.51. The number of alkyl halides is 3. The number of nitrogens with one attached hydrogen (secondary N) is 2. The highest BCUT2D eigenvalue weighted by atomic mass is 19.4. The van der Waals surface area contributed by atoms with Gasteiger partial charge in [0.15, 0.2) is 5.60 Å². The lowest BCUT2D eigenvalue weighted by Crippen LogP contribution is -2.57. The Balaban J connectivity index is 0.000000328. The first kappa shape index (κ1) is 35.8. The zero-order valence-corrected chi connectivity index (χ0v) is 25.7. The molecule has 1 spiro atoms. The number of aliphatic hydroxyl groups is 2. The molecule has 47 heavy (non-hydrogen) atoms. The highest BCUT2D eigenvalue weighted by Gasteiger charge is 2.52. The van der Waals surface area contributed by atoms with E-state index in [2.05, 4.69) is 10.3 Å². The molecule has 0 saturated heterocycles. The van der Waals surface area contributed by atoms with Gasteiger partial charge in [-0.25, -0.2) is 9.18 Å². The maximum absolute atomic E-state index is 13.9. The number of hydrogen-bond acceptors (Lipinski definition) is 7. The average Bonchev–Trinajstić information content (AvgIpc) is 3.33. The monoisotopic (exact) mass is 667 g/mol. The van der Waals surface area contributed by atoms with E-state index in [1.54, 1.807) is 0 Å². The molecular weight excluding hydrogens is 630 g/mol. The number of nitrogens with zero attached hydrogens (tertiary/aromatic N) is 1. The van der Waals surface area contributed by atoms with E-state index >= 15 is 0 Å². The summed E-state index contributed by atoms with van der Waals surface area (Å²) < 4.78 is 53.2. The molecule has 0 bridgehead atoms. The number of aliphatic carboxylic acids is 3. The van der Waals surface area contributed by atoms with Crippen molar-refractivity contribution in [2.24, 2.45) is 5.92 Å². The fraction of sp³-hybridized carbons (Fsp3) is 0.469. The van der Waals surface area contributed by atoms with Gasteiger partial charge in [0, 0.05) is 35.6 Å². The largest absolute Gasteiger partial charge is 0.481 e. The summed E-state index contributed by atoms with van der Waals surface area (Å²) in [5, 5.41) is 50.4. The molecule has 0 radical (unpaired) electrons. The molecule has 15 heteroatoms. The zero-order chi connectivity index (χ0) is 34.9. The van der Waals surface area contributed by atoms with E-state index in [0.717, 1.165) is 41.7 Å². The van der Waals surface area contributed by atoms with Crippen LogP contribution in [0.2, 0.25) is 0 Å². The molecule has 2 aromatic carbocycles. The SMILES string of the molecule is CN(C)CC1CC2(CCC1(O)c1ccc(C(F)(F)F)cc1)NCCc1c2[nH]c2cc(F)ccc12.O=C(O)CC(O)(CC(=O)O)C(=O)O. The second kappa shape index (κ2) is 13.2. The van der Waals surface area contributed by atoms with E-state index in [1.807, 2.05) is 25.1 Å². The van der Waals surface area contributed by atoms with Gasteiger partial charge in [-0.05, 0) is 81.2 Å². The van der Waals surface area contributed by atoms with Crippen molar-refractivity contribution in [2.45, 2.75) is 61.4 Å². The second-order valence-electron chi connectivity index (χ2n) is 12.6. The smallest absolute Gasteiger partial charge is 0.416 e. The van der Waals surface area contributed by atoms with Gasteiger partial charge >= 0.3 is 24.1 Å². The lowest BCUT2D eigenvalue weighted by atomic mass is 9.62. The summed E-state index contributed by atoms with van der Waals surface area (Å²) in [7, 11) is 3.86. The van der Waals surface area contributed by atoms with Gasteiger partial charge in [-0.1, -0.05) is 12.1 Å².